The smallest absolute Gasteiger partial charge is 0.182 e. The number of carbonyl (C=O) groups excluding carboxylic acids is 1. The summed E-state index contributed by atoms with van der Waals surface area (Å²) in [5.74, 6) is 0.157. The number of ketones is 1. The van der Waals surface area contributed by atoms with Crippen molar-refractivity contribution in [1.29, 1.82) is 0 Å². The standard InChI is InChI=1S/C17H15NO/c19-17(15-7-2-1-3-8-15)13-18-11-10-14-6-4-5-9-16(14)12-18/h1-11H,12-13H2. The van der Waals surface area contributed by atoms with Crippen molar-refractivity contribution in [2.24, 2.45) is 0 Å². The van der Waals surface area contributed by atoms with Gasteiger partial charge in [0, 0.05) is 18.3 Å². The lowest BCUT2D eigenvalue weighted by Gasteiger charge is -2.24. The molecule has 1 aliphatic heterocycles. The van der Waals surface area contributed by atoms with Crippen molar-refractivity contribution in [2.45, 2.75) is 6.54 Å². The molecule has 2 nitrogen and oxygen atoms in total. The molecule has 0 radical (unpaired) electrons. The fourth-order valence-corrected chi connectivity index (χ4v) is 2.31. The molecule has 0 aliphatic carbocycles. The van der Waals surface area contributed by atoms with Crippen molar-refractivity contribution in [2.75, 3.05) is 6.54 Å². The molecule has 2 aromatic rings. The Hall–Kier alpha value is -2.35. The van der Waals surface area contributed by atoms with E-state index in [2.05, 4.69) is 23.1 Å². The number of benzene rings is 2. The quantitative estimate of drug-likeness (QED) is 0.777. The average Bonchev–Trinajstić information content (AvgIpc) is 2.48. The van der Waals surface area contributed by atoms with Crippen LogP contribution in [0.5, 0.6) is 0 Å². The normalized spacial score (nSPS) is 13.2. The molecule has 0 fully saturated rings. The largest absolute Gasteiger partial charge is 0.365 e. The number of nitrogens with zero attached hydrogens (tertiary/aromatic N) is 1. The van der Waals surface area contributed by atoms with Crippen LogP contribution in [-0.4, -0.2) is 17.2 Å². The summed E-state index contributed by atoms with van der Waals surface area (Å²) in [5, 5.41) is 0. The number of rotatable bonds is 3. The van der Waals surface area contributed by atoms with E-state index in [0.29, 0.717) is 6.54 Å². The Morgan fingerprint density at radius 2 is 1.74 bits per heavy atom. The first kappa shape index (κ1) is 11.7. The number of carbonyl (C=O) groups is 1. The lowest BCUT2D eigenvalue weighted by molar-refractivity contribution is 0.0952. The van der Waals surface area contributed by atoms with Gasteiger partial charge in [-0.15, -0.1) is 0 Å². The van der Waals surface area contributed by atoms with Crippen molar-refractivity contribution >= 4 is 11.9 Å². The molecule has 94 valence electrons. The van der Waals surface area contributed by atoms with Crippen LogP contribution in [0.3, 0.4) is 0 Å². The Labute approximate surface area is 113 Å². The molecule has 3 rings (SSSR count). The highest BCUT2D eigenvalue weighted by molar-refractivity contribution is 5.97. The fraction of sp³-hybridized carbons (Fsp3) is 0.118. The minimum Gasteiger partial charge on any atom is -0.365 e. The van der Waals surface area contributed by atoms with Gasteiger partial charge >= 0.3 is 0 Å². The van der Waals surface area contributed by atoms with Crippen molar-refractivity contribution in [3.63, 3.8) is 0 Å². The first-order valence-corrected chi connectivity index (χ1v) is 6.41. The Balaban J connectivity index is 1.72. The summed E-state index contributed by atoms with van der Waals surface area (Å²) in [6.45, 7) is 1.22. The predicted molar refractivity (Wildman–Crippen MR) is 76.7 cm³/mol. The van der Waals surface area contributed by atoms with Crippen molar-refractivity contribution in [3.8, 4) is 0 Å². The molecule has 1 heterocycles. The number of hydrogen-bond donors (Lipinski definition) is 0. The molecule has 0 atom stereocenters. The molecule has 0 saturated heterocycles. The van der Waals surface area contributed by atoms with E-state index in [1.807, 2.05) is 48.7 Å². The lowest BCUT2D eigenvalue weighted by atomic mass is 10.0. The topological polar surface area (TPSA) is 20.3 Å². The summed E-state index contributed by atoms with van der Waals surface area (Å²) in [6, 6.07) is 17.7. The first-order valence-electron chi connectivity index (χ1n) is 6.41. The monoisotopic (exact) mass is 249 g/mol. The first-order chi connectivity index (χ1) is 9.33. The van der Waals surface area contributed by atoms with Gasteiger partial charge < -0.3 is 4.90 Å². The summed E-state index contributed by atoms with van der Waals surface area (Å²) >= 11 is 0. The highest BCUT2D eigenvalue weighted by Crippen LogP contribution is 2.19. The molecule has 0 amide bonds. The highest BCUT2D eigenvalue weighted by Gasteiger charge is 2.13. The third-order valence-corrected chi connectivity index (χ3v) is 3.34. The van der Waals surface area contributed by atoms with E-state index in [1.54, 1.807) is 0 Å². The summed E-state index contributed by atoms with van der Waals surface area (Å²) < 4.78 is 0. The maximum absolute atomic E-state index is 12.1. The van der Waals surface area contributed by atoms with Crippen molar-refractivity contribution in [3.05, 3.63) is 77.5 Å². The maximum Gasteiger partial charge on any atom is 0.182 e. The zero-order valence-corrected chi connectivity index (χ0v) is 10.6. The second kappa shape index (κ2) is 5.11. The van der Waals surface area contributed by atoms with Gasteiger partial charge in [0.1, 0.15) is 0 Å². The Morgan fingerprint density at radius 3 is 2.58 bits per heavy atom. The molecule has 19 heavy (non-hydrogen) atoms. The van der Waals surface area contributed by atoms with E-state index >= 15 is 0 Å². The molecule has 0 spiro atoms. The number of fused-ring (bicyclic) bond motifs is 1. The molecule has 1 aliphatic rings. The zero-order valence-electron chi connectivity index (χ0n) is 10.6. The van der Waals surface area contributed by atoms with Gasteiger partial charge in [0.15, 0.2) is 5.78 Å². The average molecular weight is 249 g/mol. The molecule has 2 heteroatoms. The summed E-state index contributed by atoms with van der Waals surface area (Å²) in [6.07, 6.45) is 4.07. The molecule has 0 N–H and O–H groups in total. The molecule has 0 unspecified atom stereocenters. The van der Waals surface area contributed by atoms with Gasteiger partial charge in [-0.1, -0.05) is 54.6 Å². The van der Waals surface area contributed by atoms with Gasteiger partial charge in [0.05, 0.1) is 6.54 Å². The molecular formula is C17H15NO. The zero-order chi connectivity index (χ0) is 13.1. The van der Waals surface area contributed by atoms with Crippen LogP contribution in [-0.2, 0) is 6.54 Å². The van der Waals surface area contributed by atoms with Crippen molar-refractivity contribution < 1.29 is 4.79 Å². The van der Waals surface area contributed by atoms with Crippen molar-refractivity contribution in [1.82, 2.24) is 4.90 Å². The molecule has 0 aromatic heterocycles. The van der Waals surface area contributed by atoms with Gasteiger partial charge in [-0.2, -0.15) is 0 Å². The van der Waals surface area contributed by atoms with E-state index in [1.165, 1.54) is 11.1 Å². The van der Waals surface area contributed by atoms with E-state index in [4.69, 9.17) is 0 Å². The summed E-state index contributed by atoms with van der Waals surface area (Å²) in [5.41, 5.74) is 3.28. The van der Waals surface area contributed by atoms with Crippen LogP contribution < -0.4 is 0 Å². The second-order valence-electron chi connectivity index (χ2n) is 4.71. The Morgan fingerprint density at radius 1 is 1.00 bits per heavy atom. The SMILES string of the molecule is O=C(CN1C=Cc2ccccc2C1)c1ccccc1. The van der Waals surface area contributed by atoms with Gasteiger partial charge in [0.25, 0.3) is 0 Å². The predicted octanol–water partition coefficient (Wildman–Crippen LogP) is 3.36. The number of hydrogen-bond acceptors (Lipinski definition) is 2. The molecule has 2 aromatic carbocycles. The van der Waals surface area contributed by atoms with E-state index in [0.717, 1.165) is 12.1 Å². The summed E-state index contributed by atoms with van der Waals surface area (Å²) in [4.78, 5) is 14.2. The van der Waals surface area contributed by atoms with Gasteiger partial charge in [-0.05, 0) is 17.2 Å². The van der Waals surface area contributed by atoms with Crippen LogP contribution >= 0.6 is 0 Å². The van der Waals surface area contributed by atoms with Crippen LogP contribution in [0.4, 0.5) is 0 Å². The van der Waals surface area contributed by atoms with Crippen LogP contribution in [0, 0.1) is 0 Å². The van der Waals surface area contributed by atoms with Crippen LogP contribution in [0.15, 0.2) is 60.8 Å². The fourth-order valence-electron chi connectivity index (χ4n) is 2.31. The highest BCUT2D eigenvalue weighted by atomic mass is 16.1. The molecular weight excluding hydrogens is 234 g/mol. The molecule has 0 saturated carbocycles. The minimum atomic E-state index is 0.157. The lowest BCUT2D eigenvalue weighted by Crippen LogP contribution is -2.26. The van der Waals surface area contributed by atoms with Crippen LogP contribution in [0.1, 0.15) is 21.5 Å². The van der Waals surface area contributed by atoms with E-state index in [9.17, 15) is 4.79 Å². The third kappa shape index (κ3) is 2.58. The summed E-state index contributed by atoms with van der Waals surface area (Å²) in [7, 11) is 0. The third-order valence-electron chi connectivity index (χ3n) is 3.34. The van der Waals surface area contributed by atoms with Gasteiger partial charge in [-0.25, -0.2) is 0 Å². The second-order valence-corrected chi connectivity index (χ2v) is 4.71. The Bertz CT molecular complexity index is 616. The van der Waals surface area contributed by atoms with Gasteiger partial charge in [-0.3, -0.25) is 4.79 Å². The maximum atomic E-state index is 12.1. The van der Waals surface area contributed by atoms with E-state index < -0.39 is 0 Å². The van der Waals surface area contributed by atoms with E-state index in [-0.39, 0.29) is 5.78 Å². The van der Waals surface area contributed by atoms with Gasteiger partial charge in [0.2, 0.25) is 0 Å². The van der Waals surface area contributed by atoms with Crippen LogP contribution in [0.25, 0.3) is 6.08 Å². The van der Waals surface area contributed by atoms with Crippen LogP contribution in [0.2, 0.25) is 0 Å². The number of Topliss-reactive ketones (excluding diaryl/α,β-unsaturated/α-hetero) is 1. The Kier molecular flexibility index (Phi) is 3.15. The molecule has 0 bridgehead atoms. The minimum absolute atomic E-state index is 0.157.